The highest BCUT2D eigenvalue weighted by Gasteiger charge is 2.32. The lowest BCUT2D eigenvalue weighted by Crippen LogP contribution is -2.42. The number of piperidine rings is 1. The van der Waals surface area contributed by atoms with Gasteiger partial charge in [-0.05, 0) is 31.0 Å². The molecule has 0 bridgehead atoms. The number of aromatic nitrogens is 1. The van der Waals surface area contributed by atoms with E-state index in [1.54, 1.807) is 0 Å². The Morgan fingerprint density at radius 1 is 1.47 bits per heavy atom. The normalized spacial score (nSPS) is 29.4. The second-order valence-electron chi connectivity index (χ2n) is 4.09. The summed E-state index contributed by atoms with van der Waals surface area (Å²) in [5, 5.41) is 4.04. The molecule has 1 aromatic heterocycles. The molecule has 3 nitrogen and oxygen atoms in total. The van der Waals surface area contributed by atoms with E-state index in [9.17, 15) is 0 Å². The van der Waals surface area contributed by atoms with Crippen molar-refractivity contribution in [3.63, 3.8) is 0 Å². The summed E-state index contributed by atoms with van der Waals surface area (Å²) in [6.07, 6.45) is 2.64. The van der Waals surface area contributed by atoms with Crippen molar-refractivity contribution in [3.8, 4) is 0 Å². The SMILES string of the molecule is Clc1ccc2c(n1)CO[C@H]1CCCN[C@@H]21. The van der Waals surface area contributed by atoms with Gasteiger partial charge in [0.15, 0.2) is 0 Å². The van der Waals surface area contributed by atoms with E-state index < -0.39 is 0 Å². The number of halogens is 1. The van der Waals surface area contributed by atoms with Gasteiger partial charge < -0.3 is 10.1 Å². The van der Waals surface area contributed by atoms with Gasteiger partial charge in [0.05, 0.1) is 24.4 Å². The number of nitrogens with one attached hydrogen (secondary N) is 1. The van der Waals surface area contributed by atoms with Crippen LogP contribution in [0.1, 0.15) is 30.1 Å². The third-order valence-electron chi connectivity index (χ3n) is 3.15. The molecule has 15 heavy (non-hydrogen) atoms. The minimum absolute atomic E-state index is 0.312. The van der Waals surface area contributed by atoms with Crippen molar-refractivity contribution in [2.24, 2.45) is 0 Å². The average molecular weight is 225 g/mol. The zero-order valence-corrected chi connectivity index (χ0v) is 9.13. The van der Waals surface area contributed by atoms with Gasteiger partial charge in [-0.3, -0.25) is 0 Å². The van der Waals surface area contributed by atoms with Crippen molar-refractivity contribution in [2.75, 3.05) is 6.54 Å². The third kappa shape index (κ3) is 1.65. The molecule has 2 aliphatic rings. The van der Waals surface area contributed by atoms with Crippen LogP contribution in [-0.2, 0) is 11.3 Å². The molecule has 0 saturated carbocycles. The Bertz CT molecular complexity index is 383. The van der Waals surface area contributed by atoms with E-state index in [0.717, 1.165) is 18.7 Å². The second kappa shape index (κ2) is 3.74. The van der Waals surface area contributed by atoms with Crippen molar-refractivity contribution in [1.82, 2.24) is 10.3 Å². The fourth-order valence-corrected chi connectivity index (χ4v) is 2.58. The first-order valence-electron chi connectivity index (χ1n) is 5.35. The zero-order valence-electron chi connectivity index (χ0n) is 8.37. The highest BCUT2D eigenvalue weighted by atomic mass is 35.5. The van der Waals surface area contributed by atoms with Crippen molar-refractivity contribution in [2.45, 2.75) is 31.6 Å². The Balaban J connectivity index is 1.99. The molecule has 0 aromatic carbocycles. The van der Waals surface area contributed by atoms with Crippen LogP contribution >= 0.6 is 11.6 Å². The number of nitrogens with zero attached hydrogens (tertiary/aromatic N) is 1. The van der Waals surface area contributed by atoms with Crippen LogP contribution in [0.15, 0.2) is 12.1 Å². The van der Waals surface area contributed by atoms with Crippen molar-refractivity contribution in [1.29, 1.82) is 0 Å². The molecule has 0 spiro atoms. The van der Waals surface area contributed by atoms with Gasteiger partial charge in [-0.2, -0.15) is 0 Å². The minimum atomic E-state index is 0.312. The molecule has 2 atom stereocenters. The van der Waals surface area contributed by atoms with E-state index in [1.807, 2.05) is 6.07 Å². The molecule has 1 saturated heterocycles. The summed E-state index contributed by atoms with van der Waals surface area (Å²) in [6, 6.07) is 4.25. The van der Waals surface area contributed by atoms with Gasteiger partial charge in [0.1, 0.15) is 5.15 Å². The van der Waals surface area contributed by atoms with Gasteiger partial charge in [0, 0.05) is 0 Å². The van der Waals surface area contributed by atoms with E-state index in [0.29, 0.717) is 23.9 Å². The predicted octanol–water partition coefficient (Wildman–Crippen LogP) is 2.06. The maximum absolute atomic E-state index is 5.86. The number of fused-ring (bicyclic) bond motifs is 3. The van der Waals surface area contributed by atoms with Gasteiger partial charge in [-0.15, -0.1) is 0 Å². The summed E-state index contributed by atoms with van der Waals surface area (Å²) in [5.74, 6) is 0. The predicted molar refractivity (Wildman–Crippen MR) is 57.8 cm³/mol. The largest absolute Gasteiger partial charge is 0.370 e. The lowest BCUT2D eigenvalue weighted by Gasteiger charge is -2.37. The Morgan fingerprint density at radius 3 is 3.33 bits per heavy atom. The van der Waals surface area contributed by atoms with Gasteiger partial charge in [-0.1, -0.05) is 17.7 Å². The fraction of sp³-hybridized carbons (Fsp3) is 0.545. The lowest BCUT2D eigenvalue weighted by molar-refractivity contribution is -0.0198. The molecule has 1 N–H and O–H groups in total. The molecule has 0 aliphatic carbocycles. The van der Waals surface area contributed by atoms with Gasteiger partial charge in [-0.25, -0.2) is 4.98 Å². The summed E-state index contributed by atoms with van der Waals surface area (Å²) in [7, 11) is 0. The molecule has 80 valence electrons. The molecule has 0 amide bonds. The Kier molecular flexibility index (Phi) is 2.39. The van der Waals surface area contributed by atoms with Crippen LogP contribution in [0.3, 0.4) is 0 Å². The van der Waals surface area contributed by atoms with Crippen molar-refractivity contribution in [3.05, 3.63) is 28.5 Å². The van der Waals surface area contributed by atoms with Gasteiger partial charge >= 0.3 is 0 Å². The molecule has 1 fully saturated rings. The van der Waals surface area contributed by atoms with E-state index in [4.69, 9.17) is 16.3 Å². The molecule has 4 heteroatoms. The van der Waals surface area contributed by atoms with Crippen LogP contribution in [0.2, 0.25) is 5.15 Å². The fourth-order valence-electron chi connectivity index (χ4n) is 2.42. The van der Waals surface area contributed by atoms with Crippen molar-refractivity contribution < 1.29 is 4.74 Å². The molecular formula is C11H13ClN2O. The van der Waals surface area contributed by atoms with Crippen LogP contribution in [0, 0.1) is 0 Å². The number of rotatable bonds is 0. The molecule has 1 aromatic rings. The first-order chi connectivity index (χ1) is 7.34. The molecule has 3 rings (SSSR count). The lowest BCUT2D eigenvalue weighted by atomic mass is 9.91. The van der Waals surface area contributed by atoms with Crippen LogP contribution in [0.25, 0.3) is 0 Å². The van der Waals surface area contributed by atoms with Gasteiger partial charge in [0.2, 0.25) is 0 Å². The monoisotopic (exact) mass is 224 g/mol. The number of ether oxygens (including phenoxy) is 1. The molecule has 0 unspecified atom stereocenters. The van der Waals surface area contributed by atoms with Gasteiger partial charge in [0.25, 0.3) is 0 Å². The number of hydrogen-bond acceptors (Lipinski definition) is 3. The standard InChI is InChI=1S/C11H13ClN2O/c12-10-4-3-7-8(14-10)6-15-9-2-1-5-13-11(7)9/h3-4,9,11,13H,1-2,5-6H2/t9-,11-/m0/s1. The summed E-state index contributed by atoms with van der Waals surface area (Å²) < 4.78 is 5.78. The summed E-state index contributed by atoms with van der Waals surface area (Å²) in [4.78, 5) is 4.31. The molecular weight excluding hydrogens is 212 g/mol. The highest BCUT2D eigenvalue weighted by molar-refractivity contribution is 6.29. The maximum atomic E-state index is 5.86. The second-order valence-corrected chi connectivity index (χ2v) is 4.48. The minimum Gasteiger partial charge on any atom is -0.370 e. The number of hydrogen-bond donors (Lipinski definition) is 1. The molecule has 2 aliphatic heterocycles. The first kappa shape index (κ1) is 9.58. The highest BCUT2D eigenvalue weighted by Crippen LogP contribution is 2.33. The molecule has 0 radical (unpaired) electrons. The zero-order chi connectivity index (χ0) is 10.3. The summed E-state index contributed by atoms with van der Waals surface area (Å²) in [5.41, 5.74) is 2.24. The smallest absolute Gasteiger partial charge is 0.129 e. The topological polar surface area (TPSA) is 34.1 Å². The average Bonchev–Trinajstić information content (AvgIpc) is 2.28. The van der Waals surface area contributed by atoms with Crippen molar-refractivity contribution >= 4 is 11.6 Å². The first-order valence-corrected chi connectivity index (χ1v) is 5.73. The molecule has 3 heterocycles. The Morgan fingerprint density at radius 2 is 2.40 bits per heavy atom. The van der Waals surface area contributed by atoms with E-state index in [-0.39, 0.29) is 0 Å². The van der Waals surface area contributed by atoms with E-state index in [1.165, 1.54) is 12.0 Å². The van der Waals surface area contributed by atoms with Crippen LogP contribution in [0.4, 0.5) is 0 Å². The maximum Gasteiger partial charge on any atom is 0.129 e. The summed E-state index contributed by atoms with van der Waals surface area (Å²) >= 11 is 5.86. The quantitative estimate of drug-likeness (QED) is 0.685. The van der Waals surface area contributed by atoms with Crippen LogP contribution in [-0.4, -0.2) is 17.6 Å². The van der Waals surface area contributed by atoms with Crippen LogP contribution in [0.5, 0.6) is 0 Å². The Hall–Kier alpha value is -0.640. The van der Waals surface area contributed by atoms with E-state index in [2.05, 4.69) is 16.4 Å². The Labute approximate surface area is 93.8 Å². The van der Waals surface area contributed by atoms with E-state index >= 15 is 0 Å². The van der Waals surface area contributed by atoms with Crippen LogP contribution < -0.4 is 5.32 Å². The summed E-state index contributed by atoms with van der Waals surface area (Å²) in [6.45, 7) is 1.66. The number of pyridine rings is 1. The third-order valence-corrected chi connectivity index (χ3v) is 3.36.